The molecule has 92 valence electrons. The maximum atomic E-state index is 6.00. The molecule has 3 heteroatoms. The van der Waals surface area contributed by atoms with Crippen molar-refractivity contribution < 1.29 is 4.74 Å². The first kappa shape index (κ1) is 11.2. The first-order valence-corrected chi connectivity index (χ1v) is 6.44. The Balaban J connectivity index is 1.83. The van der Waals surface area contributed by atoms with Gasteiger partial charge in [0.1, 0.15) is 0 Å². The lowest BCUT2D eigenvalue weighted by Crippen LogP contribution is -2.55. The summed E-state index contributed by atoms with van der Waals surface area (Å²) in [6, 6.07) is 8.74. The number of benzene rings is 1. The monoisotopic (exact) mass is 232 g/mol. The average molecular weight is 232 g/mol. The maximum Gasteiger partial charge on any atom is 0.0663 e. The summed E-state index contributed by atoms with van der Waals surface area (Å²) in [5.74, 6) is 0. The van der Waals surface area contributed by atoms with Crippen molar-refractivity contribution in [2.75, 3.05) is 26.3 Å². The first-order chi connectivity index (χ1) is 8.34. The standard InChI is InChI=1S/C14H20N2O/c15-10-14(6-8-17-11-14)16-7-5-12-3-1-2-4-13(12)9-16/h1-4H,5-11,15H2. The summed E-state index contributed by atoms with van der Waals surface area (Å²) in [5, 5.41) is 0. The predicted molar refractivity (Wildman–Crippen MR) is 67.8 cm³/mol. The quantitative estimate of drug-likeness (QED) is 0.831. The van der Waals surface area contributed by atoms with Gasteiger partial charge in [-0.05, 0) is 24.0 Å². The van der Waals surface area contributed by atoms with Crippen LogP contribution in [0.3, 0.4) is 0 Å². The van der Waals surface area contributed by atoms with Crippen molar-refractivity contribution in [3.8, 4) is 0 Å². The van der Waals surface area contributed by atoms with Gasteiger partial charge in [-0.15, -0.1) is 0 Å². The van der Waals surface area contributed by atoms with E-state index >= 15 is 0 Å². The molecule has 17 heavy (non-hydrogen) atoms. The molecular weight excluding hydrogens is 212 g/mol. The fourth-order valence-electron chi connectivity index (χ4n) is 3.04. The van der Waals surface area contributed by atoms with Gasteiger partial charge in [0.2, 0.25) is 0 Å². The van der Waals surface area contributed by atoms with Crippen LogP contribution in [0.5, 0.6) is 0 Å². The molecule has 0 spiro atoms. The van der Waals surface area contributed by atoms with Gasteiger partial charge in [0.25, 0.3) is 0 Å². The van der Waals surface area contributed by atoms with Crippen molar-refractivity contribution in [3.63, 3.8) is 0 Å². The number of hydrogen-bond donors (Lipinski definition) is 1. The second-order valence-electron chi connectivity index (χ2n) is 5.17. The molecule has 2 N–H and O–H groups in total. The molecule has 0 saturated carbocycles. The van der Waals surface area contributed by atoms with E-state index in [1.54, 1.807) is 0 Å². The molecule has 0 aromatic heterocycles. The Hall–Kier alpha value is -0.900. The smallest absolute Gasteiger partial charge is 0.0663 e. The van der Waals surface area contributed by atoms with Crippen molar-refractivity contribution in [1.82, 2.24) is 4.90 Å². The summed E-state index contributed by atoms with van der Waals surface area (Å²) in [5.41, 5.74) is 9.04. The first-order valence-electron chi connectivity index (χ1n) is 6.44. The van der Waals surface area contributed by atoms with E-state index in [1.165, 1.54) is 11.1 Å². The lowest BCUT2D eigenvalue weighted by atomic mass is 9.91. The van der Waals surface area contributed by atoms with E-state index in [0.717, 1.165) is 39.1 Å². The van der Waals surface area contributed by atoms with Gasteiger partial charge in [0, 0.05) is 26.2 Å². The molecule has 0 radical (unpaired) electrons. The topological polar surface area (TPSA) is 38.5 Å². The van der Waals surface area contributed by atoms with E-state index in [2.05, 4.69) is 29.2 Å². The van der Waals surface area contributed by atoms with E-state index in [1.807, 2.05) is 0 Å². The van der Waals surface area contributed by atoms with E-state index in [9.17, 15) is 0 Å². The van der Waals surface area contributed by atoms with Crippen molar-refractivity contribution in [2.45, 2.75) is 24.9 Å². The Morgan fingerprint density at radius 2 is 2.12 bits per heavy atom. The third-order valence-corrected chi connectivity index (χ3v) is 4.26. The molecule has 1 fully saturated rings. The van der Waals surface area contributed by atoms with Gasteiger partial charge in [-0.3, -0.25) is 4.90 Å². The van der Waals surface area contributed by atoms with Gasteiger partial charge in [0.05, 0.1) is 12.1 Å². The lowest BCUT2D eigenvalue weighted by Gasteiger charge is -2.42. The highest BCUT2D eigenvalue weighted by atomic mass is 16.5. The predicted octanol–water partition coefficient (Wildman–Crippen LogP) is 1.16. The summed E-state index contributed by atoms with van der Waals surface area (Å²) >= 11 is 0. The van der Waals surface area contributed by atoms with E-state index in [0.29, 0.717) is 6.54 Å². The van der Waals surface area contributed by atoms with Crippen LogP contribution in [0, 0.1) is 0 Å². The molecule has 2 heterocycles. The van der Waals surface area contributed by atoms with Crippen LogP contribution in [0.2, 0.25) is 0 Å². The van der Waals surface area contributed by atoms with Crippen LogP contribution in [0.25, 0.3) is 0 Å². The molecule has 3 nitrogen and oxygen atoms in total. The van der Waals surface area contributed by atoms with Crippen LogP contribution in [-0.2, 0) is 17.7 Å². The van der Waals surface area contributed by atoms with Gasteiger partial charge < -0.3 is 10.5 Å². The van der Waals surface area contributed by atoms with E-state index in [-0.39, 0.29) is 5.54 Å². The molecule has 1 saturated heterocycles. The summed E-state index contributed by atoms with van der Waals surface area (Å²) in [6.45, 7) is 4.49. The summed E-state index contributed by atoms with van der Waals surface area (Å²) in [7, 11) is 0. The Morgan fingerprint density at radius 1 is 1.29 bits per heavy atom. The zero-order chi connectivity index (χ0) is 11.7. The van der Waals surface area contributed by atoms with Gasteiger partial charge >= 0.3 is 0 Å². The Labute approximate surface area is 103 Å². The summed E-state index contributed by atoms with van der Waals surface area (Å²) < 4.78 is 5.57. The minimum absolute atomic E-state index is 0.0908. The van der Waals surface area contributed by atoms with Crippen LogP contribution < -0.4 is 5.73 Å². The normalized spacial score (nSPS) is 29.2. The highest BCUT2D eigenvalue weighted by molar-refractivity contribution is 5.29. The molecule has 1 aromatic rings. The Bertz CT molecular complexity index is 399. The zero-order valence-electron chi connectivity index (χ0n) is 10.2. The third kappa shape index (κ3) is 1.88. The molecular formula is C14H20N2O. The SMILES string of the molecule is NCC1(N2CCc3ccccc3C2)CCOC1. The maximum absolute atomic E-state index is 6.00. The number of fused-ring (bicyclic) bond motifs is 1. The molecule has 2 aliphatic rings. The fourth-order valence-corrected chi connectivity index (χ4v) is 3.04. The molecule has 0 bridgehead atoms. The molecule has 3 rings (SSSR count). The zero-order valence-corrected chi connectivity index (χ0v) is 10.2. The van der Waals surface area contributed by atoms with Crippen molar-refractivity contribution >= 4 is 0 Å². The number of nitrogens with zero attached hydrogens (tertiary/aromatic N) is 1. The van der Waals surface area contributed by atoms with Crippen LogP contribution in [0.1, 0.15) is 17.5 Å². The van der Waals surface area contributed by atoms with Gasteiger partial charge in [0.15, 0.2) is 0 Å². The van der Waals surface area contributed by atoms with Crippen LogP contribution in [-0.4, -0.2) is 36.7 Å². The lowest BCUT2D eigenvalue weighted by molar-refractivity contribution is 0.0608. The van der Waals surface area contributed by atoms with Crippen molar-refractivity contribution in [3.05, 3.63) is 35.4 Å². The van der Waals surface area contributed by atoms with Crippen molar-refractivity contribution in [2.24, 2.45) is 5.73 Å². The molecule has 0 aliphatic carbocycles. The van der Waals surface area contributed by atoms with Gasteiger partial charge in [-0.25, -0.2) is 0 Å². The average Bonchev–Trinajstić information content (AvgIpc) is 2.88. The van der Waals surface area contributed by atoms with E-state index in [4.69, 9.17) is 10.5 Å². The highest BCUT2D eigenvalue weighted by Gasteiger charge is 2.40. The van der Waals surface area contributed by atoms with Crippen LogP contribution >= 0.6 is 0 Å². The van der Waals surface area contributed by atoms with Crippen LogP contribution in [0.15, 0.2) is 24.3 Å². The molecule has 1 atom stereocenters. The second-order valence-corrected chi connectivity index (χ2v) is 5.17. The van der Waals surface area contributed by atoms with Crippen LogP contribution in [0.4, 0.5) is 0 Å². The second kappa shape index (κ2) is 4.41. The number of rotatable bonds is 2. The summed E-state index contributed by atoms with van der Waals surface area (Å²) in [4.78, 5) is 2.53. The van der Waals surface area contributed by atoms with Gasteiger partial charge in [-0.2, -0.15) is 0 Å². The number of nitrogens with two attached hydrogens (primary N) is 1. The molecule has 2 aliphatic heterocycles. The minimum atomic E-state index is 0.0908. The molecule has 1 unspecified atom stereocenters. The highest BCUT2D eigenvalue weighted by Crippen LogP contribution is 2.30. The summed E-state index contributed by atoms with van der Waals surface area (Å²) in [6.07, 6.45) is 2.21. The number of hydrogen-bond acceptors (Lipinski definition) is 3. The number of ether oxygens (including phenoxy) is 1. The Morgan fingerprint density at radius 3 is 2.82 bits per heavy atom. The fraction of sp³-hybridized carbons (Fsp3) is 0.571. The van der Waals surface area contributed by atoms with Crippen molar-refractivity contribution in [1.29, 1.82) is 0 Å². The van der Waals surface area contributed by atoms with E-state index < -0.39 is 0 Å². The Kier molecular flexibility index (Phi) is 2.90. The molecule has 1 aromatic carbocycles. The largest absolute Gasteiger partial charge is 0.379 e. The molecule has 0 amide bonds. The third-order valence-electron chi connectivity index (χ3n) is 4.26. The minimum Gasteiger partial charge on any atom is -0.379 e. The van der Waals surface area contributed by atoms with Gasteiger partial charge in [-0.1, -0.05) is 24.3 Å².